The molecule has 6 heteroatoms. The summed E-state index contributed by atoms with van der Waals surface area (Å²) in [4.78, 5) is 16.1. The summed E-state index contributed by atoms with van der Waals surface area (Å²) in [6.07, 6.45) is 2.70. The topological polar surface area (TPSA) is 61.6 Å². The van der Waals surface area contributed by atoms with Crippen LogP contribution in [-0.2, 0) is 6.54 Å². The molecule has 128 valence electrons. The summed E-state index contributed by atoms with van der Waals surface area (Å²) in [6.45, 7) is 4.14. The molecule has 1 atom stereocenters. The Kier molecular flexibility index (Phi) is 5.48. The number of benzene rings is 1. The van der Waals surface area contributed by atoms with E-state index >= 15 is 0 Å². The van der Waals surface area contributed by atoms with Gasteiger partial charge in [-0.15, -0.1) is 0 Å². The molecule has 0 aliphatic carbocycles. The molecule has 0 bridgehead atoms. The zero-order chi connectivity index (χ0) is 16.8. The molecule has 0 spiro atoms. The number of rotatable bonds is 6. The van der Waals surface area contributed by atoms with Gasteiger partial charge in [-0.1, -0.05) is 35.5 Å². The third-order valence-corrected chi connectivity index (χ3v) is 4.48. The summed E-state index contributed by atoms with van der Waals surface area (Å²) in [5, 5.41) is 6.78. The lowest BCUT2D eigenvalue weighted by molar-refractivity contribution is 0.203. The molecule has 0 radical (unpaired) electrons. The molecule has 0 unspecified atom stereocenters. The van der Waals surface area contributed by atoms with Crippen molar-refractivity contribution in [3.05, 3.63) is 53.9 Å². The zero-order valence-corrected chi connectivity index (χ0v) is 14.0. The van der Waals surface area contributed by atoms with Crippen LogP contribution < -0.4 is 5.32 Å². The molecule has 1 aromatic heterocycles. The van der Waals surface area contributed by atoms with Crippen molar-refractivity contribution < 1.29 is 9.32 Å². The zero-order valence-electron chi connectivity index (χ0n) is 14.0. The van der Waals surface area contributed by atoms with Gasteiger partial charge in [0.25, 0.3) is 0 Å². The first-order valence-electron chi connectivity index (χ1n) is 8.38. The number of urea groups is 1. The number of hydrogen-bond acceptors (Lipinski definition) is 4. The fraction of sp³-hybridized carbons (Fsp3) is 0.444. The Balaban J connectivity index is 1.37. The highest BCUT2D eigenvalue weighted by Crippen LogP contribution is 2.26. The Bertz CT molecular complexity index is 630. The van der Waals surface area contributed by atoms with Gasteiger partial charge in [0.15, 0.2) is 0 Å². The Morgan fingerprint density at radius 2 is 2.21 bits per heavy atom. The van der Waals surface area contributed by atoms with E-state index < -0.39 is 0 Å². The molecule has 1 aliphatic rings. The average Bonchev–Trinajstić information content (AvgIpc) is 3.27. The summed E-state index contributed by atoms with van der Waals surface area (Å²) in [5.74, 6) is 0.608. The highest BCUT2D eigenvalue weighted by Gasteiger charge is 2.23. The molecule has 1 saturated heterocycles. The van der Waals surface area contributed by atoms with E-state index in [1.54, 1.807) is 18.0 Å². The standard InChI is InChI=1S/C18H24N4O2/c1-21(14-17-8-12-24-20-17)18(23)19-9-11-22-10-7-16(13-22)15-5-3-2-4-6-15/h2-6,8,12,16H,7,9-11,13-14H2,1H3,(H,19,23)/t16-/m0/s1. The molecule has 1 aliphatic heterocycles. The van der Waals surface area contributed by atoms with Gasteiger partial charge in [-0.05, 0) is 24.4 Å². The van der Waals surface area contributed by atoms with Gasteiger partial charge >= 0.3 is 6.03 Å². The number of aromatic nitrogens is 1. The van der Waals surface area contributed by atoms with Gasteiger partial charge in [-0.25, -0.2) is 4.79 Å². The SMILES string of the molecule is CN(Cc1ccon1)C(=O)NCCN1CC[C@H](c2ccccc2)C1. The Labute approximate surface area is 142 Å². The van der Waals surface area contributed by atoms with E-state index in [1.165, 1.54) is 18.2 Å². The van der Waals surface area contributed by atoms with E-state index in [0.29, 0.717) is 19.0 Å². The molecule has 24 heavy (non-hydrogen) atoms. The number of amides is 2. The van der Waals surface area contributed by atoms with E-state index in [0.717, 1.165) is 25.3 Å². The van der Waals surface area contributed by atoms with Crippen molar-refractivity contribution >= 4 is 6.03 Å². The van der Waals surface area contributed by atoms with E-state index in [1.807, 2.05) is 0 Å². The number of carbonyl (C=O) groups is 1. The lowest BCUT2D eigenvalue weighted by Crippen LogP contribution is -2.40. The molecule has 2 heterocycles. The quantitative estimate of drug-likeness (QED) is 0.884. The van der Waals surface area contributed by atoms with Gasteiger partial charge in [-0.2, -0.15) is 0 Å². The largest absolute Gasteiger partial charge is 0.364 e. The minimum Gasteiger partial charge on any atom is -0.364 e. The molecule has 2 amide bonds. The molecule has 1 N–H and O–H groups in total. The van der Waals surface area contributed by atoms with Crippen LogP contribution in [0.15, 0.2) is 47.2 Å². The number of likely N-dealkylation sites (tertiary alicyclic amines) is 1. The normalized spacial score (nSPS) is 17.8. The number of nitrogens with one attached hydrogen (secondary N) is 1. The molecule has 1 fully saturated rings. The highest BCUT2D eigenvalue weighted by molar-refractivity contribution is 5.73. The maximum absolute atomic E-state index is 12.1. The first-order chi connectivity index (χ1) is 11.7. The molecule has 3 rings (SSSR count). The maximum Gasteiger partial charge on any atom is 0.317 e. The second-order valence-corrected chi connectivity index (χ2v) is 6.28. The van der Waals surface area contributed by atoms with Gasteiger partial charge in [0, 0.05) is 32.7 Å². The fourth-order valence-electron chi connectivity index (χ4n) is 3.12. The highest BCUT2D eigenvalue weighted by atomic mass is 16.5. The Hall–Kier alpha value is -2.34. The van der Waals surface area contributed by atoms with Crippen LogP contribution in [0.1, 0.15) is 23.6 Å². The van der Waals surface area contributed by atoms with Gasteiger partial charge < -0.3 is 19.6 Å². The lowest BCUT2D eigenvalue weighted by atomic mass is 9.99. The van der Waals surface area contributed by atoms with Crippen molar-refractivity contribution in [2.45, 2.75) is 18.9 Å². The van der Waals surface area contributed by atoms with Crippen LogP contribution in [0.25, 0.3) is 0 Å². The Morgan fingerprint density at radius 1 is 1.38 bits per heavy atom. The van der Waals surface area contributed by atoms with Crippen LogP contribution in [0.3, 0.4) is 0 Å². The van der Waals surface area contributed by atoms with Crippen molar-refractivity contribution in [1.29, 1.82) is 0 Å². The molecule has 0 saturated carbocycles. The van der Waals surface area contributed by atoms with Crippen molar-refractivity contribution in [2.24, 2.45) is 0 Å². The maximum atomic E-state index is 12.1. The third kappa shape index (κ3) is 4.35. The molecule has 2 aromatic rings. The summed E-state index contributed by atoms with van der Waals surface area (Å²) >= 11 is 0. The molecule has 6 nitrogen and oxygen atoms in total. The monoisotopic (exact) mass is 328 g/mol. The summed E-state index contributed by atoms with van der Waals surface area (Å²) in [5.41, 5.74) is 2.16. The van der Waals surface area contributed by atoms with Crippen LogP contribution in [0.5, 0.6) is 0 Å². The summed E-state index contributed by atoms with van der Waals surface area (Å²) < 4.78 is 4.78. The third-order valence-electron chi connectivity index (χ3n) is 4.48. The average molecular weight is 328 g/mol. The van der Waals surface area contributed by atoms with Crippen LogP contribution in [0, 0.1) is 0 Å². The van der Waals surface area contributed by atoms with E-state index in [2.05, 4.69) is 45.7 Å². The second kappa shape index (κ2) is 7.97. The number of nitrogens with zero attached hydrogens (tertiary/aromatic N) is 3. The van der Waals surface area contributed by atoms with Crippen molar-refractivity contribution in [3.8, 4) is 0 Å². The van der Waals surface area contributed by atoms with Gasteiger partial charge in [0.2, 0.25) is 0 Å². The second-order valence-electron chi connectivity index (χ2n) is 6.28. The van der Waals surface area contributed by atoms with Crippen molar-refractivity contribution in [3.63, 3.8) is 0 Å². The minimum atomic E-state index is -0.0863. The molecule has 1 aromatic carbocycles. The lowest BCUT2D eigenvalue weighted by Gasteiger charge is -2.19. The summed E-state index contributed by atoms with van der Waals surface area (Å²) in [7, 11) is 1.76. The fourth-order valence-corrected chi connectivity index (χ4v) is 3.12. The predicted octanol–water partition coefficient (Wildman–Crippen LogP) is 2.31. The van der Waals surface area contributed by atoms with Crippen LogP contribution in [0.4, 0.5) is 4.79 Å². The van der Waals surface area contributed by atoms with Crippen LogP contribution >= 0.6 is 0 Å². The van der Waals surface area contributed by atoms with E-state index in [4.69, 9.17) is 4.52 Å². The molecular weight excluding hydrogens is 304 g/mol. The minimum absolute atomic E-state index is 0.0863. The van der Waals surface area contributed by atoms with Crippen molar-refractivity contribution in [1.82, 2.24) is 20.3 Å². The van der Waals surface area contributed by atoms with Crippen molar-refractivity contribution in [2.75, 3.05) is 33.2 Å². The van der Waals surface area contributed by atoms with Gasteiger partial charge in [0.1, 0.15) is 12.0 Å². The summed E-state index contributed by atoms with van der Waals surface area (Å²) in [6, 6.07) is 12.3. The number of carbonyl (C=O) groups excluding carboxylic acids is 1. The van der Waals surface area contributed by atoms with Gasteiger partial charge in [-0.3, -0.25) is 0 Å². The smallest absolute Gasteiger partial charge is 0.317 e. The first-order valence-corrected chi connectivity index (χ1v) is 8.38. The first kappa shape index (κ1) is 16.5. The van der Waals surface area contributed by atoms with Gasteiger partial charge in [0.05, 0.1) is 6.54 Å². The number of hydrogen-bond donors (Lipinski definition) is 1. The van der Waals surface area contributed by atoms with E-state index in [-0.39, 0.29) is 6.03 Å². The predicted molar refractivity (Wildman–Crippen MR) is 91.6 cm³/mol. The van der Waals surface area contributed by atoms with Crippen LogP contribution in [-0.4, -0.2) is 54.2 Å². The van der Waals surface area contributed by atoms with Crippen LogP contribution in [0.2, 0.25) is 0 Å². The molecular formula is C18H24N4O2. The van der Waals surface area contributed by atoms with E-state index in [9.17, 15) is 4.79 Å². The Morgan fingerprint density at radius 3 is 2.96 bits per heavy atom.